The molecule has 1 aromatic carbocycles. The molecule has 15 heavy (non-hydrogen) atoms. The minimum absolute atomic E-state index is 0.236. The van der Waals surface area contributed by atoms with Crippen LogP contribution in [0.25, 0.3) is 0 Å². The summed E-state index contributed by atoms with van der Waals surface area (Å²) in [4.78, 5) is 0. The number of methoxy groups -OCH3 is 1. The lowest BCUT2D eigenvalue weighted by molar-refractivity contribution is 0.371. The lowest BCUT2D eigenvalue weighted by atomic mass is 10.0. The fourth-order valence-electron chi connectivity index (χ4n) is 1.59. The number of benzene rings is 1. The van der Waals surface area contributed by atoms with Gasteiger partial charge in [0, 0.05) is 0 Å². The van der Waals surface area contributed by atoms with Crippen LogP contribution in [0.15, 0.2) is 12.1 Å². The second kappa shape index (κ2) is 5.61. The fourth-order valence-corrected chi connectivity index (χ4v) is 1.59. The Morgan fingerprint density at radius 2 is 2.07 bits per heavy atom. The van der Waals surface area contributed by atoms with Gasteiger partial charge in [0.05, 0.1) is 7.11 Å². The van der Waals surface area contributed by atoms with Crippen LogP contribution < -0.4 is 10.5 Å². The first-order chi connectivity index (χ1) is 7.19. The zero-order chi connectivity index (χ0) is 11.3. The summed E-state index contributed by atoms with van der Waals surface area (Å²) >= 11 is 0. The quantitative estimate of drug-likeness (QED) is 0.729. The van der Waals surface area contributed by atoms with Gasteiger partial charge in [-0.3, -0.25) is 0 Å². The molecule has 1 aromatic rings. The second-order valence-corrected chi connectivity index (χ2v) is 3.71. The van der Waals surface area contributed by atoms with E-state index in [1.807, 2.05) is 19.1 Å². The minimum atomic E-state index is 0.236. The normalized spacial score (nSPS) is 10.3. The molecule has 0 fully saturated rings. The van der Waals surface area contributed by atoms with E-state index in [-0.39, 0.29) is 5.75 Å². The Kier molecular flexibility index (Phi) is 4.43. The Bertz CT molecular complexity index is 324. The van der Waals surface area contributed by atoms with Crippen molar-refractivity contribution in [3.8, 4) is 11.5 Å². The molecular formula is C12H19NO2. The van der Waals surface area contributed by atoms with Crippen LogP contribution in [0.3, 0.4) is 0 Å². The van der Waals surface area contributed by atoms with Gasteiger partial charge < -0.3 is 15.6 Å². The molecule has 3 nitrogen and oxygen atoms in total. The van der Waals surface area contributed by atoms with E-state index in [1.54, 1.807) is 7.11 Å². The summed E-state index contributed by atoms with van der Waals surface area (Å²) in [5, 5.41) is 9.65. The molecule has 84 valence electrons. The summed E-state index contributed by atoms with van der Waals surface area (Å²) in [6.07, 6.45) is 3.08. The molecule has 0 aliphatic heterocycles. The van der Waals surface area contributed by atoms with Gasteiger partial charge in [-0.05, 0) is 49.9 Å². The molecule has 0 saturated carbocycles. The molecule has 1 rings (SSSR count). The van der Waals surface area contributed by atoms with Crippen molar-refractivity contribution in [3.63, 3.8) is 0 Å². The average molecular weight is 209 g/mol. The summed E-state index contributed by atoms with van der Waals surface area (Å²) in [7, 11) is 1.57. The molecule has 3 N–H and O–H groups in total. The summed E-state index contributed by atoms with van der Waals surface area (Å²) in [5.74, 6) is 0.790. The monoisotopic (exact) mass is 209 g/mol. The number of unbranched alkanes of at least 4 members (excludes halogenated alkanes) is 1. The standard InChI is InChI=1S/C12H19NO2/c1-9-7-10(5-3-4-6-13)8-11(15-2)12(9)14/h7-8,14H,3-6,13H2,1-2H3. The van der Waals surface area contributed by atoms with Crippen molar-refractivity contribution in [2.24, 2.45) is 5.73 Å². The van der Waals surface area contributed by atoms with E-state index in [0.717, 1.165) is 31.4 Å². The van der Waals surface area contributed by atoms with Gasteiger partial charge in [0.1, 0.15) is 0 Å². The van der Waals surface area contributed by atoms with Crippen LogP contribution in [0, 0.1) is 6.92 Å². The zero-order valence-corrected chi connectivity index (χ0v) is 9.42. The minimum Gasteiger partial charge on any atom is -0.504 e. The third-order valence-electron chi connectivity index (χ3n) is 2.46. The van der Waals surface area contributed by atoms with Crippen LogP contribution in [-0.2, 0) is 6.42 Å². The Labute approximate surface area is 90.9 Å². The van der Waals surface area contributed by atoms with Gasteiger partial charge >= 0.3 is 0 Å². The highest BCUT2D eigenvalue weighted by Gasteiger charge is 2.06. The molecular weight excluding hydrogens is 190 g/mol. The molecule has 0 amide bonds. The Balaban J connectivity index is 2.77. The van der Waals surface area contributed by atoms with E-state index in [0.29, 0.717) is 5.75 Å². The number of rotatable bonds is 5. The molecule has 3 heteroatoms. The Hall–Kier alpha value is -1.22. The zero-order valence-electron chi connectivity index (χ0n) is 9.42. The number of hydrogen-bond acceptors (Lipinski definition) is 3. The topological polar surface area (TPSA) is 55.5 Å². The first-order valence-corrected chi connectivity index (χ1v) is 5.25. The number of phenolic OH excluding ortho intramolecular Hbond substituents is 1. The maximum Gasteiger partial charge on any atom is 0.161 e. The molecule has 0 saturated heterocycles. The molecule has 0 aliphatic rings. The first kappa shape index (κ1) is 11.9. The van der Waals surface area contributed by atoms with Gasteiger partial charge in [0.2, 0.25) is 0 Å². The lowest BCUT2D eigenvalue weighted by Gasteiger charge is -2.09. The maximum absolute atomic E-state index is 9.65. The van der Waals surface area contributed by atoms with E-state index >= 15 is 0 Å². The average Bonchev–Trinajstić information content (AvgIpc) is 2.23. The maximum atomic E-state index is 9.65. The molecule has 0 bridgehead atoms. The van der Waals surface area contributed by atoms with Crippen molar-refractivity contribution in [2.75, 3.05) is 13.7 Å². The van der Waals surface area contributed by atoms with Gasteiger partial charge in [-0.2, -0.15) is 0 Å². The first-order valence-electron chi connectivity index (χ1n) is 5.25. The number of phenols is 1. The summed E-state index contributed by atoms with van der Waals surface area (Å²) in [6, 6.07) is 3.88. The van der Waals surface area contributed by atoms with Crippen LogP contribution in [0.2, 0.25) is 0 Å². The summed E-state index contributed by atoms with van der Waals surface area (Å²) < 4.78 is 5.10. The Morgan fingerprint density at radius 3 is 2.67 bits per heavy atom. The van der Waals surface area contributed by atoms with Crippen LogP contribution in [0.4, 0.5) is 0 Å². The van der Waals surface area contributed by atoms with E-state index in [4.69, 9.17) is 10.5 Å². The van der Waals surface area contributed by atoms with Gasteiger partial charge in [-0.25, -0.2) is 0 Å². The lowest BCUT2D eigenvalue weighted by Crippen LogP contribution is -1.99. The van der Waals surface area contributed by atoms with Gasteiger partial charge in [-0.1, -0.05) is 6.07 Å². The molecule has 0 unspecified atom stereocenters. The van der Waals surface area contributed by atoms with Crippen molar-refractivity contribution in [2.45, 2.75) is 26.2 Å². The third-order valence-corrected chi connectivity index (χ3v) is 2.46. The number of ether oxygens (including phenoxy) is 1. The van der Waals surface area contributed by atoms with Gasteiger partial charge in [0.15, 0.2) is 11.5 Å². The van der Waals surface area contributed by atoms with Crippen molar-refractivity contribution < 1.29 is 9.84 Å². The van der Waals surface area contributed by atoms with Crippen LogP contribution >= 0.6 is 0 Å². The highest BCUT2D eigenvalue weighted by molar-refractivity contribution is 5.47. The number of hydrogen-bond donors (Lipinski definition) is 2. The van der Waals surface area contributed by atoms with Crippen molar-refractivity contribution in [1.29, 1.82) is 0 Å². The predicted octanol–water partition coefficient (Wildman–Crippen LogP) is 1.99. The SMILES string of the molecule is COc1cc(CCCCN)cc(C)c1O. The largest absolute Gasteiger partial charge is 0.504 e. The second-order valence-electron chi connectivity index (χ2n) is 3.71. The van der Waals surface area contributed by atoms with E-state index in [2.05, 4.69) is 0 Å². The van der Waals surface area contributed by atoms with Crippen molar-refractivity contribution in [1.82, 2.24) is 0 Å². The predicted molar refractivity (Wildman–Crippen MR) is 61.4 cm³/mol. The Morgan fingerprint density at radius 1 is 1.33 bits per heavy atom. The summed E-state index contributed by atoms with van der Waals surface area (Å²) in [6.45, 7) is 2.61. The molecule has 0 heterocycles. The number of aryl methyl sites for hydroxylation is 2. The van der Waals surface area contributed by atoms with Crippen LogP contribution in [0.1, 0.15) is 24.0 Å². The van der Waals surface area contributed by atoms with Crippen LogP contribution in [-0.4, -0.2) is 18.8 Å². The van der Waals surface area contributed by atoms with Crippen molar-refractivity contribution >= 4 is 0 Å². The fraction of sp³-hybridized carbons (Fsp3) is 0.500. The third kappa shape index (κ3) is 3.13. The van der Waals surface area contributed by atoms with Gasteiger partial charge in [0.25, 0.3) is 0 Å². The highest BCUT2D eigenvalue weighted by Crippen LogP contribution is 2.31. The number of aromatic hydroxyl groups is 1. The van der Waals surface area contributed by atoms with Gasteiger partial charge in [-0.15, -0.1) is 0 Å². The van der Waals surface area contributed by atoms with E-state index in [9.17, 15) is 5.11 Å². The summed E-state index contributed by atoms with van der Waals surface area (Å²) in [5.41, 5.74) is 7.49. The number of nitrogens with two attached hydrogens (primary N) is 1. The smallest absolute Gasteiger partial charge is 0.161 e. The molecule has 0 aromatic heterocycles. The van der Waals surface area contributed by atoms with Crippen LogP contribution in [0.5, 0.6) is 11.5 Å². The molecule has 0 atom stereocenters. The van der Waals surface area contributed by atoms with E-state index < -0.39 is 0 Å². The van der Waals surface area contributed by atoms with E-state index in [1.165, 1.54) is 5.56 Å². The molecule has 0 spiro atoms. The molecule has 0 aliphatic carbocycles. The molecule has 0 radical (unpaired) electrons. The van der Waals surface area contributed by atoms with Crippen molar-refractivity contribution in [3.05, 3.63) is 23.3 Å². The highest BCUT2D eigenvalue weighted by atomic mass is 16.5.